The van der Waals surface area contributed by atoms with E-state index in [9.17, 15) is 9.59 Å². The van der Waals surface area contributed by atoms with E-state index >= 15 is 0 Å². The van der Waals surface area contributed by atoms with Gasteiger partial charge in [0.05, 0.1) is 22.2 Å². The number of nitrogens with zero attached hydrogens (tertiary/aromatic N) is 3. The molecule has 0 aliphatic rings. The molecule has 7 nitrogen and oxygen atoms in total. The molecule has 0 aliphatic heterocycles. The third kappa shape index (κ3) is 4.49. The van der Waals surface area contributed by atoms with Gasteiger partial charge in [-0.1, -0.05) is 47.5 Å². The van der Waals surface area contributed by atoms with E-state index in [0.717, 1.165) is 5.69 Å². The molecule has 144 valence electrons. The van der Waals surface area contributed by atoms with E-state index in [1.165, 1.54) is 6.07 Å². The Bertz CT molecular complexity index is 991. The van der Waals surface area contributed by atoms with Crippen molar-refractivity contribution in [2.75, 3.05) is 0 Å². The third-order valence-electron chi connectivity index (χ3n) is 4.01. The summed E-state index contributed by atoms with van der Waals surface area (Å²) in [6.45, 7) is 1.74. The minimum atomic E-state index is -0.782. The van der Waals surface area contributed by atoms with Crippen LogP contribution in [-0.4, -0.2) is 32.6 Å². The van der Waals surface area contributed by atoms with Crippen LogP contribution in [0.1, 0.15) is 23.1 Å². The standard InChI is InChI=1S/C19H17Cl2N5O2/c1-12(24-19(28)14-8-5-9-15(20)17(14)21)18(27)22-10-16-25-23-11-26(16)13-6-3-2-4-7-13/h2-9,11-12H,10H2,1H3,(H,22,27)(H,24,28)/t12-/m0/s1. The van der Waals surface area contributed by atoms with E-state index < -0.39 is 11.9 Å². The fourth-order valence-electron chi connectivity index (χ4n) is 2.52. The lowest BCUT2D eigenvalue weighted by molar-refractivity contribution is -0.122. The number of amides is 2. The maximum atomic E-state index is 12.4. The van der Waals surface area contributed by atoms with Crippen molar-refractivity contribution >= 4 is 35.0 Å². The highest BCUT2D eigenvalue weighted by molar-refractivity contribution is 6.43. The van der Waals surface area contributed by atoms with E-state index in [2.05, 4.69) is 20.8 Å². The van der Waals surface area contributed by atoms with Crippen molar-refractivity contribution < 1.29 is 9.59 Å². The van der Waals surface area contributed by atoms with Gasteiger partial charge in [-0.2, -0.15) is 0 Å². The SMILES string of the molecule is C[C@H](NC(=O)c1cccc(Cl)c1Cl)C(=O)NCc1nncn1-c1ccccc1. The van der Waals surface area contributed by atoms with E-state index in [0.29, 0.717) is 5.82 Å². The number of carbonyl (C=O) groups is 2. The van der Waals surface area contributed by atoms with Gasteiger partial charge in [-0.15, -0.1) is 10.2 Å². The number of benzene rings is 2. The molecule has 3 rings (SSSR count). The van der Waals surface area contributed by atoms with E-state index in [1.807, 2.05) is 30.3 Å². The van der Waals surface area contributed by atoms with Gasteiger partial charge in [0.1, 0.15) is 12.4 Å². The molecular weight excluding hydrogens is 401 g/mol. The monoisotopic (exact) mass is 417 g/mol. The smallest absolute Gasteiger partial charge is 0.253 e. The molecule has 0 saturated heterocycles. The summed E-state index contributed by atoms with van der Waals surface area (Å²) in [7, 11) is 0. The van der Waals surface area contributed by atoms with Crippen molar-refractivity contribution in [2.24, 2.45) is 0 Å². The lowest BCUT2D eigenvalue weighted by Gasteiger charge is -2.15. The highest BCUT2D eigenvalue weighted by atomic mass is 35.5. The zero-order chi connectivity index (χ0) is 20.1. The summed E-state index contributed by atoms with van der Waals surface area (Å²) in [5.74, 6) is -0.285. The Kier molecular flexibility index (Phi) is 6.28. The number of carbonyl (C=O) groups excluding carboxylic acids is 2. The number of para-hydroxylation sites is 1. The molecule has 0 saturated carbocycles. The molecule has 28 heavy (non-hydrogen) atoms. The predicted molar refractivity (Wildman–Crippen MR) is 107 cm³/mol. The first-order chi connectivity index (χ1) is 13.5. The van der Waals surface area contributed by atoms with Gasteiger partial charge in [0.15, 0.2) is 5.82 Å². The highest BCUT2D eigenvalue weighted by Gasteiger charge is 2.19. The normalized spacial score (nSPS) is 11.7. The van der Waals surface area contributed by atoms with Crippen molar-refractivity contribution in [3.8, 4) is 5.69 Å². The predicted octanol–water partition coefficient (Wildman–Crippen LogP) is 3.01. The van der Waals surface area contributed by atoms with Crippen LogP contribution in [0.5, 0.6) is 0 Å². The molecule has 0 unspecified atom stereocenters. The van der Waals surface area contributed by atoms with Crippen LogP contribution >= 0.6 is 23.2 Å². The van der Waals surface area contributed by atoms with E-state index in [4.69, 9.17) is 23.2 Å². The molecule has 3 aromatic rings. The van der Waals surface area contributed by atoms with Crippen LogP contribution in [0, 0.1) is 0 Å². The van der Waals surface area contributed by atoms with Gasteiger partial charge >= 0.3 is 0 Å². The molecule has 2 amide bonds. The second kappa shape index (κ2) is 8.86. The zero-order valence-electron chi connectivity index (χ0n) is 14.9. The second-order valence-corrected chi connectivity index (χ2v) is 6.75. The first-order valence-electron chi connectivity index (χ1n) is 8.44. The first kappa shape index (κ1) is 19.9. The Hall–Kier alpha value is -2.90. The minimum absolute atomic E-state index is 0.144. The fraction of sp³-hybridized carbons (Fsp3) is 0.158. The Morgan fingerprint density at radius 1 is 1.11 bits per heavy atom. The van der Waals surface area contributed by atoms with Gasteiger partial charge in [0.25, 0.3) is 5.91 Å². The average molecular weight is 418 g/mol. The van der Waals surface area contributed by atoms with E-state index in [-0.39, 0.29) is 28.1 Å². The zero-order valence-corrected chi connectivity index (χ0v) is 16.4. The van der Waals surface area contributed by atoms with Crippen LogP contribution in [0.25, 0.3) is 5.69 Å². The molecule has 0 fully saturated rings. The lowest BCUT2D eigenvalue weighted by Crippen LogP contribution is -2.44. The average Bonchev–Trinajstić information content (AvgIpc) is 3.17. The van der Waals surface area contributed by atoms with Gasteiger partial charge in [-0.25, -0.2) is 0 Å². The molecule has 2 aromatic carbocycles. The largest absolute Gasteiger partial charge is 0.347 e. The van der Waals surface area contributed by atoms with Gasteiger partial charge in [0, 0.05) is 5.69 Å². The summed E-state index contributed by atoms with van der Waals surface area (Å²) in [5, 5.41) is 13.7. The number of rotatable bonds is 6. The van der Waals surface area contributed by atoms with Crippen molar-refractivity contribution in [2.45, 2.75) is 19.5 Å². The highest BCUT2D eigenvalue weighted by Crippen LogP contribution is 2.25. The molecule has 1 heterocycles. The Morgan fingerprint density at radius 3 is 2.61 bits per heavy atom. The van der Waals surface area contributed by atoms with Gasteiger partial charge < -0.3 is 10.6 Å². The Morgan fingerprint density at radius 2 is 1.86 bits per heavy atom. The number of hydrogen-bond acceptors (Lipinski definition) is 4. The van der Waals surface area contributed by atoms with Crippen LogP contribution in [0.4, 0.5) is 0 Å². The molecule has 0 bridgehead atoms. The van der Waals surface area contributed by atoms with Gasteiger partial charge in [-0.3, -0.25) is 14.2 Å². The summed E-state index contributed by atoms with van der Waals surface area (Å²) in [5.41, 5.74) is 1.09. The van der Waals surface area contributed by atoms with Gasteiger partial charge in [-0.05, 0) is 31.2 Å². The molecule has 1 atom stereocenters. The first-order valence-corrected chi connectivity index (χ1v) is 9.20. The Balaban J connectivity index is 1.61. The fourth-order valence-corrected chi connectivity index (χ4v) is 2.91. The van der Waals surface area contributed by atoms with Crippen LogP contribution in [0.2, 0.25) is 10.0 Å². The number of aromatic nitrogens is 3. The summed E-state index contributed by atoms with van der Waals surface area (Å²) >= 11 is 12.0. The summed E-state index contributed by atoms with van der Waals surface area (Å²) in [6.07, 6.45) is 1.57. The lowest BCUT2D eigenvalue weighted by atomic mass is 10.2. The molecule has 0 aliphatic carbocycles. The maximum absolute atomic E-state index is 12.4. The molecule has 9 heteroatoms. The van der Waals surface area contributed by atoms with Crippen molar-refractivity contribution in [1.82, 2.24) is 25.4 Å². The molecule has 0 spiro atoms. The Labute approximate surface area is 171 Å². The van der Waals surface area contributed by atoms with Gasteiger partial charge in [0.2, 0.25) is 5.91 Å². The van der Waals surface area contributed by atoms with Crippen LogP contribution in [0.15, 0.2) is 54.9 Å². The van der Waals surface area contributed by atoms with Crippen molar-refractivity contribution in [1.29, 1.82) is 0 Å². The van der Waals surface area contributed by atoms with Crippen molar-refractivity contribution in [3.63, 3.8) is 0 Å². The van der Waals surface area contributed by atoms with Crippen LogP contribution in [-0.2, 0) is 11.3 Å². The quantitative estimate of drug-likeness (QED) is 0.644. The molecular formula is C19H17Cl2N5O2. The third-order valence-corrected chi connectivity index (χ3v) is 4.83. The molecule has 1 aromatic heterocycles. The summed E-state index contributed by atoms with van der Waals surface area (Å²) in [4.78, 5) is 24.7. The summed E-state index contributed by atoms with van der Waals surface area (Å²) in [6, 6.07) is 13.5. The number of nitrogens with one attached hydrogen (secondary N) is 2. The topological polar surface area (TPSA) is 88.9 Å². The molecule has 2 N–H and O–H groups in total. The maximum Gasteiger partial charge on any atom is 0.253 e. The van der Waals surface area contributed by atoms with E-state index in [1.54, 1.807) is 30.0 Å². The second-order valence-electron chi connectivity index (χ2n) is 5.97. The number of halogens is 2. The van der Waals surface area contributed by atoms with Crippen LogP contribution in [0.3, 0.4) is 0 Å². The summed E-state index contributed by atoms with van der Waals surface area (Å²) < 4.78 is 1.77. The minimum Gasteiger partial charge on any atom is -0.347 e. The molecule has 0 radical (unpaired) electrons. The van der Waals surface area contributed by atoms with Crippen molar-refractivity contribution in [3.05, 3.63) is 76.3 Å². The number of hydrogen-bond donors (Lipinski definition) is 2. The van der Waals surface area contributed by atoms with Crippen LogP contribution < -0.4 is 10.6 Å².